The van der Waals surface area contributed by atoms with Crippen LogP contribution >= 0.6 is 0 Å². The minimum atomic E-state index is -0.293. The monoisotopic (exact) mass is 354 g/mol. The SMILES string of the molecule is CCn1nc(N2CCN(c3ncnc4ccc(F)cc34)CC2)ccc1=O. The van der Waals surface area contributed by atoms with Crippen molar-refractivity contribution in [1.29, 1.82) is 0 Å². The van der Waals surface area contributed by atoms with Gasteiger partial charge in [-0.2, -0.15) is 5.10 Å². The van der Waals surface area contributed by atoms with Gasteiger partial charge in [0.25, 0.3) is 5.56 Å². The van der Waals surface area contributed by atoms with Crippen LogP contribution in [-0.2, 0) is 6.54 Å². The number of halogens is 1. The van der Waals surface area contributed by atoms with Crippen LogP contribution < -0.4 is 15.4 Å². The van der Waals surface area contributed by atoms with E-state index < -0.39 is 0 Å². The summed E-state index contributed by atoms with van der Waals surface area (Å²) in [6.45, 7) is 5.40. The zero-order valence-corrected chi connectivity index (χ0v) is 14.5. The molecule has 0 unspecified atom stereocenters. The Balaban J connectivity index is 1.56. The maximum absolute atomic E-state index is 13.7. The Morgan fingerprint density at radius 1 is 1.04 bits per heavy atom. The molecule has 7 nitrogen and oxygen atoms in total. The van der Waals surface area contributed by atoms with Gasteiger partial charge in [0.15, 0.2) is 0 Å². The molecule has 1 saturated heterocycles. The van der Waals surface area contributed by atoms with Crippen LogP contribution in [0.2, 0.25) is 0 Å². The Kier molecular flexibility index (Phi) is 4.24. The first kappa shape index (κ1) is 16.4. The third-order valence-electron chi connectivity index (χ3n) is 4.63. The van der Waals surface area contributed by atoms with Crippen LogP contribution in [0.1, 0.15) is 6.92 Å². The third-order valence-corrected chi connectivity index (χ3v) is 4.63. The van der Waals surface area contributed by atoms with Gasteiger partial charge in [-0.05, 0) is 31.2 Å². The second kappa shape index (κ2) is 6.70. The zero-order valence-electron chi connectivity index (χ0n) is 14.5. The first-order valence-corrected chi connectivity index (χ1v) is 8.64. The van der Waals surface area contributed by atoms with E-state index in [9.17, 15) is 9.18 Å². The van der Waals surface area contributed by atoms with Gasteiger partial charge in [-0.1, -0.05) is 0 Å². The summed E-state index contributed by atoms with van der Waals surface area (Å²) >= 11 is 0. The van der Waals surface area contributed by atoms with Gasteiger partial charge in [0.2, 0.25) is 0 Å². The van der Waals surface area contributed by atoms with Crippen molar-refractivity contribution in [2.24, 2.45) is 0 Å². The predicted molar refractivity (Wildman–Crippen MR) is 98.1 cm³/mol. The number of fused-ring (bicyclic) bond motifs is 1. The molecule has 0 aliphatic carbocycles. The minimum absolute atomic E-state index is 0.0932. The summed E-state index contributed by atoms with van der Waals surface area (Å²) in [5.41, 5.74) is 0.639. The fourth-order valence-electron chi connectivity index (χ4n) is 3.25. The Bertz CT molecular complexity index is 996. The van der Waals surface area contributed by atoms with Crippen molar-refractivity contribution in [2.75, 3.05) is 36.0 Å². The van der Waals surface area contributed by atoms with Gasteiger partial charge in [0.05, 0.1) is 5.52 Å². The molecular formula is C18H19FN6O. The lowest BCUT2D eigenvalue weighted by atomic mass is 10.2. The molecule has 0 bridgehead atoms. The van der Waals surface area contributed by atoms with E-state index in [2.05, 4.69) is 24.9 Å². The van der Waals surface area contributed by atoms with Crippen molar-refractivity contribution in [2.45, 2.75) is 13.5 Å². The molecule has 0 saturated carbocycles. The highest BCUT2D eigenvalue weighted by atomic mass is 19.1. The molecule has 0 spiro atoms. The van der Waals surface area contributed by atoms with Crippen molar-refractivity contribution in [3.63, 3.8) is 0 Å². The second-order valence-electron chi connectivity index (χ2n) is 6.18. The summed E-state index contributed by atoms with van der Waals surface area (Å²) in [5.74, 6) is 1.25. The van der Waals surface area contributed by atoms with Crippen LogP contribution in [0.5, 0.6) is 0 Å². The van der Waals surface area contributed by atoms with Gasteiger partial charge in [0.1, 0.15) is 23.8 Å². The molecule has 4 rings (SSSR count). The minimum Gasteiger partial charge on any atom is -0.352 e. The van der Waals surface area contributed by atoms with Crippen molar-refractivity contribution in [3.05, 3.63) is 52.8 Å². The van der Waals surface area contributed by atoms with Crippen molar-refractivity contribution >= 4 is 22.5 Å². The molecule has 0 amide bonds. The summed E-state index contributed by atoms with van der Waals surface area (Å²) in [4.78, 5) is 24.6. The topological polar surface area (TPSA) is 67.2 Å². The van der Waals surface area contributed by atoms with Crippen LogP contribution in [0.25, 0.3) is 10.9 Å². The predicted octanol–water partition coefficient (Wildman–Crippen LogP) is 1.67. The number of benzene rings is 1. The van der Waals surface area contributed by atoms with E-state index >= 15 is 0 Å². The normalized spacial score (nSPS) is 14.8. The summed E-state index contributed by atoms with van der Waals surface area (Å²) < 4.78 is 15.1. The maximum Gasteiger partial charge on any atom is 0.266 e. The van der Waals surface area contributed by atoms with Crippen LogP contribution in [0.15, 0.2) is 41.5 Å². The molecular weight excluding hydrogens is 335 g/mol. The highest BCUT2D eigenvalue weighted by Gasteiger charge is 2.21. The molecule has 0 N–H and O–H groups in total. The number of aryl methyl sites for hydroxylation is 1. The van der Waals surface area contributed by atoms with Gasteiger partial charge in [-0.15, -0.1) is 0 Å². The maximum atomic E-state index is 13.7. The van der Waals surface area contributed by atoms with E-state index in [-0.39, 0.29) is 11.4 Å². The van der Waals surface area contributed by atoms with Gasteiger partial charge < -0.3 is 9.80 Å². The summed E-state index contributed by atoms with van der Waals surface area (Å²) in [6.07, 6.45) is 1.51. The van der Waals surface area contributed by atoms with Gasteiger partial charge >= 0.3 is 0 Å². The molecule has 0 radical (unpaired) electrons. The van der Waals surface area contributed by atoms with Gasteiger partial charge in [-0.25, -0.2) is 19.0 Å². The van der Waals surface area contributed by atoms with Crippen molar-refractivity contribution in [1.82, 2.24) is 19.7 Å². The molecule has 1 fully saturated rings. The average molecular weight is 354 g/mol. The molecule has 3 aromatic rings. The second-order valence-corrected chi connectivity index (χ2v) is 6.18. The van der Waals surface area contributed by atoms with Crippen LogP contribution in [0.4, 0.5) is 16.0 Å². The number of aromatic nitrogens is 4. The van der Waals surface area contributed by atoms with Crippen molar-refractivity contribution in [3.8, 4) is 0 Å². The van der Waals surface area contributed by atoms with Crippen LogP contribution in [-0.4, -0.2) is 45.9 Å². The quantitative estimate of drug-likeness (QED) is 0.713. The molecule has 26 heavy (non-hydrogen) atoms. The Morgan fingerprint density at radius 3 is 2.58 bits per heavy atom. The molecule has 8 heteroatoms. The number of hydrogen-bond acceptors (Lipinski definition) is 6. The number of hydrogen-bond donors (Lipinski definition) is 0. The number of piperazine rings is 1. The van der Waals surface area contributed by atoms with E-state index in [0.717, 1.165) is 48.7 Å². The molecule has 1 aromatic carbocycles. The Hall–Kier alpha value is -3.03. The average Bonchev–Trinajstić information content (AvgIpc) is 2.68. The standard InChI is InChI=1S/C18H19FN6O/c1-2-25-17(26)6-5-16(22-25)23-7-9-24(10-8-23)18-14-11-13(19)3-4-15(14)20-12-21-18/h3-6,11-12H,2,7-10H2,1H3. The highest BCUT2D eigenvalue weighted by molar-refractivity contribution is 5.89. The first-order chi connectivity index (χ1) is 12.7. The highest BCUT2D eigenvalue weighted by Crippen LogP contribution is 2.25. The van der Waals surface area contributed by atoms with E-state index in [1.165, 1.54) is 23.1 Å². The molecule has 2 aromatic heterocycles. The van der Waals surface area contributed by atoms with Crippen LogP contribution in [0, 0.1) is 5.82 Å². The first-order valence-electron chi connectivity index (χ1n) is 8.64. The van der Waals surface area contributed by atoms with E-state index in [1.54, 1.807) is 18.2 Å². The summed E-state index contributed by atoms with van der Waals surface area (Å²) in [7, 11) is 0. The lowest BCUT2D eigenvalue weighted by Crippen LogP contribution is -2.47. The number of anilines is 2. The van der Waals surface area contributed by atoms with Gasteiger partial charge in [0, 0.05) is 44.2 Å². The molecule has 134 valence electrons. The molecule has 3 heterocycles. The fraction of sp³-hybridized carbons (Fsp3) is 0.333. The third kappa shape index (κ3) is 2.98. The molecule has 1 aliphatic rings. The zero-order chi connectivity index (χ0) is 18.1. The summed E-state index contributed by atoms with van der Waals surface area (Å²) in [6, 6.07) is 7.88. The molecule has 1 aliphatic heterocycles. The van der Waals surface area contributed by atoms with E-state index in [0.29, 0.717) is 6.54 Å². The smallest absolute Gasteiger partial charge is 0.266 e. The Morgan fingerprint density at radius 2 is 1.81 bits per heavy atom. The number of nitrogens with zero attached hydrogens (tertiary/aromatic N) is 6. The lowest BCUT2D eigenvalue weighted by molar-refractivity contribution is 0.587. The Labute approximate surface area is 149 Å². The van der Waals surface area contributed by atoms with Gasteiger partial charge in [-0.3, -0.25) is 4.79 Å². The van der Waals surface area contributed by atoms with E-state index in [4.69, 9.17) is 0 Å². The van der Waals surface area contributed by atoms with E-state index in [1.807, 2.05) is 6.92 Å². The number of rotatable bonds is 3. The molecule has 0 atom stereocenters. The van der Waals surface area contributed by atoms with Crippen LogP contribution in [0.3, 0.4) is 0 Å². The fourth-order valence-corrected chi connectivity index (χ4v) is 3.25. The van der Waals surface area contributed by atoms with Crippen molar-refractivity contribution < 1.29 is 4.39 Å². The lowest BCUT2D eigenvalue weighted by Gasteiger charge is -2.36. The summed E-state index contributed by atoms with van der Waals surface area (Å²) in [5, 5.41) is 5.13. The largest absolute Gasteiger partial charge is 0.352 e.